The number of hydrogen-bond acceptors (Lipinski definition) is 2. The van der Waals surface area contributed by atoms with E-state index in [1.165, 1.54) is 5.56 Å². The van der Waals surface area contributed by atoms with Crippen molar-refractivity contribution < 1.29 is 9.59 Å². The second-order valence-electron chi connectivity index (χ2n) is 8.67. The number of carbonyl (C=O) groups excluding carboxylic acids is 2. The second kappa shape index (κ2) is 9.61. The van der Waals surface area contributed by atoms with E-state index < -0.39 is 0 Å². The van der Waals surface area contributed by atoms with Crippen molar-refractivity contribution in [2.45, 2.75) is 46.1 Å². The summed E-state index contributed by atoms with van der Waals surface area (Å²) in [6, 6.07) is 22.8. The first-order valence-corrected chi connectivity index (χ1v) is 10.6. The molecule has 0 atom stereocenters. The molecule has 4 nitrogen and oxygen atoms in total. The number of hydrogen-bond donors (Lipinski definition) is 2. The van der Waals surface area contributed by atoms with Gasteiger partial charge in [-0.05, 0) is 58.9 Å². The molecule has 160 valence electrons. The lowest BCUT2D eigenvalue weighted by molar-refractivity contribution is 0.0949. The third kappa shape index (κ3) is 5.82. The molecule has 0 aromatic heterocycles. The van der Waals surface area contributed by atoms with Gasteiger partial charge in [-0.1, -0.05) is 70.2 Å². The average molecular weight is 415 g/mol. The molecule has 4 heteroatoms. The maximum atomic E-state index is 12.6. The molecule has 0 unspecified atom stereocenters. The standard InChI is InChI=1S/C27H30N2O2/c1-5-20-8-6-7-9-24(20)29-26(31)22-12-10-19(11-13-22)18-28-25(30)21-14-16-23(17-15-21)27(2,3)4/h6-17H,5,18H2,1-4H3,(H,28,30)(H,29,31). The van der Waals surface area contributed by atoms with Crippen LogP contribution in [0.5, 0.6) is 0 Å². The van der Waals surface area contributed by atoms with Gasteiger partial charge in [-0.15, -0.1) is 0 Å². The minimum absolute atomic E-state index is 0.0572. The average Bonchev–Trinajstić information content (AvgIpc) is 2.77. The minimum Gasteiger partial charge on any atom is -0.348 e. The van der Waals surface area contributed by atoms with E-state index in [0.717, 1.165) is 23.2 Å². The van der Waals surface area contributed by atoms with Gasteiger partial charge in [0.2, 0.25) is 0 Å². The normalized spacial score (nSPS) is 11.1. The van der Waals surface area contributed by atoms with Crippen molar-refractivity contribution >= 4 is 17.5 Å². The Bertz CT molecular complexity index is 1050. The summed E-state index contributed by atoms with van der Waals surface area (Å²) in [6.07, 6.45) is 0.855. The SMILES string of the molecule is CCc1ccccc1NC(=O)c1ccc(CNC(=O)c2ccc(C(C)(C)C)cc2)cc1. The number of rotatable bonds is 6. The maximum absolute atomic E-state index is 12.6. The van der Waals surface area contributed by atoms with Crippen molar-refractivity contribution in [2.24, 2.45) is 0 Å². The summed E-state index contributed by atoms with van der Waals surface area (Å²) < 4.78 is 0. The zero-order valence-corrected chi connectivity index (χ0v) is 18.7. The Morgan fingerprint density at radius 2 is 1.35 bits per heavy atom. The van der Waals surface area contributed by atoms with Crippen molar-refractivity contribution in [3.05, 3.63) is 101 Å². The summed E-state index contributed by atoms with van der Waals surface area (Å²) in [7, 11) is 0. The predicted octanol–water partition coefficient (Wildman–Crippen LogP) is 5.73. The Labute approximate surface area is 184 Å². The van der Waals surface area contributed by atoms with Crippen molar-refractivity contribution in [1.29, 1.82) is 0 Å². The van der Waals surface area contributed by atoms with E-state index in [2.05, 4.69) is 38.3 Å². The Kier molecular flexibility index (Phi) is 6.91. The van der Waals surface area contributed by atoms with Gasteiger partial charge in [0.15, 0.2) is 0 Å². The lowest BCUT2D eigenvalue weighted by Gasteiger charge is -2.19. The monoisotopic (exact) mass is 414 g/mol. The van der Waals surface area contributed by atoms with Crippen LogP contribution in [0.4, 0.5) is 5.69 Å². The van der Waals surface area contributed by atoms with Crippen LogP contribution >= 0.6 is 0 Å². The summed E-state index contributed by atoms with van der Waals surface area (Å²) in [5, 5.41) is 5.91. The molecular formula is C27H30N2O2. The Hall–Kier alpha value is -3.40. The van der Waals surface area contributed by atoms with Crippen LogP contribution in [0.15, 0.2) is 72.8 Å². The molecule has 0 saturated heterocycles. The van der Waals surface area contributed by atoms with Gasteiger partial charge in [-0.25, -0.2) is 0 Å². The lowest BCUT2D eigenvalue weighted by Crippen LogP contribution is -2.23. The number of carbonyl (C=O) groups is 2. The second-order valence-corrected chi connectivity index (χ2v) is 8.67. The molecule has 0 aliphatic heterocycles. The molecule has 3 rings (SSSR count). The minimum atomic E-state index is -0.143. The first-order valence-electron chi connectivity index (χ1n) is 10.6. The van der Waals surface area contributed by atoms with E-state index in [9.17, 15) is 9.59 Å². The molecule has 0 aliphatic carbocycles. The van der Waals surface area contributed by atoms with E-state index in [1.54, 1.807) is 12.1 Å². The van der Waals surface area contributed by atoms with E-state index in [1.807, 2.05) is 60.7 Å². The smallest absolute Gasteiger partial charge is 0.255 e. The van der Waals surface area contributed by atoms with Crippen LogP contribution in [0.25, 0.3) is 0 Å². The molecule has 2 N–H and O–H groups in total. The zero-order chi connectivity index (χ0) is 22.4. The van der Waals surface area contributed by atoms with Gasteiger partial charge in [0.05, 0.1) is 0 Å². The highest BCUT2D eigenvalue weighted by molar-refractivity contribution is 6.04. The first kappa shape index (κ1) is 22.3. The third-order valence-electron chi connectivity index (χ3n) is 5.33. The van der Waals surface area contributed by atoms with Gasteiger partial charge >= 0.3 is 0 Å². The molecule has 3 aromatic carbocycles. The highest BCUT2D eigenvalue weighted by Gasteiger charge is 2.14. The molecule has 0 fully saturated rings. The highest BCUT2D eigenvalue weighted by atomic mass is 16.2. The molecule has 3 aromatic rings. The zero-order valence-electron chi connectivity index (χ0n) is 18.7. The summed E-state index contributed by atoms with van der Waals surface area (Å²) in [4.78, 5) is 25.0. The third-order valence-corrected chi connectivity index (χ3v) is 5.33. The number of aryl methyl sites for hydroxylation is 1. The number of para-hydroxylation sites is 1. The fraction of sp³-hybridized carbons (Fsp3) is 0.259. The van der Waals surface area contributed by atoms with Crippen LogP contribution in [0, 0.1) is 0 Å². The molecule has 0 heterocycles. The fourth-order valence-electron chi connectivity index (χ4n) is 3.33. The summed E-state index contributed by atoms with van der Waals surface area (Å²) in [6.45, 7) is 8.91. The van der Waals surface area contributed by atoms with Crippen molar-refractivity contribution in [3.63, 3.8) is 0 Å². The molecule has 0 spiro atoms. The molecule has 2 amide bonds. The molecule has 0 aliphatic rings. The Morgan fingerprint density at radius 3 is 1.97 bits per heavy atom. The predicted molar refractivity (Wildman–Crippen MR) is 127 cm³/mol. The maximum Gasteiger partial charge on any atom is 0.255 e. The van der Waals surface area contributed by atoms with Crippen LogP contribution in [0.1, 0.15) is 65.1 Å². The van der Waals surface area contributed by atoms with Gasteiger partial charge in [-0.3, -0.25) is 9.59 Å². The topological polar surface area (TPSA) is 58.2 Å². The number of benzene rings is 3. The van der Waals surface area contributed by atoms with Crippen LogP contribution < -0.4 is 10.6 Å². The summed E-state index contributed by atoms with van der Waals surface area (Å²) >= 11 is 0. The van der Waals surface area contributed by atoms with E-state index >= 15 is 0 Å². The Morgan fingerprint density at radius 1 is 0.774 bits per heavy atom. The first-order chi connectivity index (χ1) is 14.8. The quantitative estimate of drug-likeness (QED) is 0.541. The molecule has 0 bridgehead atoms. The van der Waals surface area contributed by atoms with E-state index in [4.69, 9.17) is 0 Å². The van der Waals surface area contributed by atoms with Gasteiger partial charge in [-0.2, -0.15) is 0 Å². The van der Waals surface area contributed by atoms with Crippen LogP contribution in [-0.2, 0) is 18.4 Å². The highest BCUT2D eigenvalue weighted by Crippen LogP contribution is 2.22. The van der Waals surface area contributed by atoms with Gasteiger partial charge in [0.1, 0.15) is 0 Å². The fourth-order valence-corrected chi connectivity index (χ4v) is 3.33. The van der Waals surface area contributed by atoms with Crippen molar-refractivity contribution in [3.8, 4) is 0 Å². The Balaban J connectivity index is 1.58. The van der Waals surface area contributed by atoms with Gasteiger partial charge in [0, 0.05) is 23.4 Å². The molecule has 31 heavy (non-hydrogen) atoms. The van der Waals surface area contributed by atoms with Crippen LogP contribution in [-0.4, -0.2) is 11.8 Å². The van der Waals surface area contributed by atoms with Gasteiger partial charge in [0.25, 0.3) is 11.8 Å². The summed E-state index contributed by atoms with van der Waals surface area (Å²) in [5.74, 6) is -0.256. The van der Waals surface area contributed by atoms with E-state index in [-0.39, 0.29) is 17.2 Å². The number of nitrogens with one attached hydrogen (secondary N) is 2. The van der Waals surface area contributed by atoms with Crippen LogP contribution in [0.2, 0.25) is 0 Å². The molecule has 0 saturated carbocycles. The molecule has 0 radical (unpaired) electrons. The van der Waals surface area contributed by atoms with Crippen molar-refractivity contribution in [2.75, 3.05) is 5.32 Å². The number of anilines is 1. The lowest BCUT2D eigenvalue weighted by atomic mass is 9.87. The molecular weight excluding hydrogens is 384 g/mol. The largest absolute Gasteiger partial charge is 0.348 e. The summed E-state index contributed by atoms with van der Waals surface area (Å²) in [5.41, 5.74) is 5.35. The number of amides is 2. The van der Waals surface area contributed by atoms with Crippen molar-refractivity contribution in [1.82, 2.24) is 5.32 Å². The van der Waals surface area contributed by atoms with E-state index in [0.29, 0.717) is 17.7 Å². The van der Waals surface area contributed by atoms with Gasteiger partial charge < -0.3 is 10.6 Å². The van der Waals surface area contributed by atoms with Crippen LogP contribution in [0.3, 0.4) is 0 Å².